The third-order valence-corrected chi connectivity index (χ3v) is 5.62. The quantitative estimate of drug-likeness (QED) is 0.799. The van der Waals surface area contributed by atoms with Gasteiger partial charge in [0.25, 0.3) is 5.91 Å². The lowest BCUT2D eigenvalue weighted by Gasteiger charge is -2.40. The lowest BCUT2D eigenvalue weighted by Crippen LogP contribution is -2.43. The predicted octanol–water partition coefficient (Wildman–Crippen LogP) is 4.04. The van der Waals surface area contributed by atoms with Crippen LogP contribution in [0.3, 0.4) is 0 Å². The van der Waals surface area contributed by atoms with Crippen LogP contribution in [-0.4, -0.2) is 48.3 Å². The van der Waals surface area contributed by atoms with Crippen molar-refractivity contribution >= 4 is 5.91 Å². The Morgan fingerprint density at radius 2 is 1.76 bits per heavy atom. The molecule has 3 rings (SSSR count). The normalized spacial score (nSPS) is 16.4. The van der Waals surface area contributed by atoms with Crippen molar-refractivity contribution in [1.29, 1.82) is 0 Å². The number of carbonyl (C=O) groups excluding carboxylic acids is 1. The fourth-order valence-electron chi connectivity index (χ4n) is 3.69. The van der Waals surface area contributed by atoms with Crippen LogP contribution in [0.2, 0.25) is 0 Å². The van der Waals surface area contributed by atoms with E-state index in [9.17, 15) is 9.90 Å². The molecule has 29 heavy (non-hydrogen) atoms. The van der Waals surface area contributed by atoms with Crippen molar-refractivity contribution in [2.45, 2.75) is 44.6 Å². The van der Waals surface area contributed by atoms with Gasteiger partial charge in [0.2, 0.25) is 0 Å². The summed E-state index contributed by atoms with van der Waals surface area (Å²) in [5, 5.41) is 9.85. The minimum atomic E-state index is -0.946. The number of amides is 1. The number of hydrogen-bond acceptors (Lipinski definition) is 4. The summed E-state index contributed by atoms with van der Waals surface area (Å²) in [5.41, 5.74) is 1.08. The average Bonchev–Trinajstić information content (AvgIpc) is 2.72. The maximum absolute atomic E-state index is 13.0. The van der Waals surface area contributed by atoms with E-state index in [0.29, 0.717) is 17.1 Å². The zero-order valence-electron chi connectivity index (χ0n) is 17.8. The minimum absolute atomic E-state index is 0.00690. The monoisotopic (exact) mass is 397 g/mol. The topological polar surface area (TPSA) is 59.0 Å². The highest BCUT2D eigenvalue weighted by Crippen LogP contribution is 2.36. The number of ether oxygens (including phenoxy) is 2. The maximum atomic E-state index is 13.0. The second-order valence-electron chi connectivity index (χ2n) is 8.69. The summed E-state index contributed by atoms with van der Waals surface area (Å²) in [6.07, 6.45) is 1.87. The van der Waals surface area contributed by atoms with Crippen LogP contribution in [0.15, 0.2) is 48.5 Å². The molecule has 2 aromatic rings. The molecule has 0 aliphatic carbocycles. The van der Waals surface area contributed by atoms with Gasteiger partial charge in [-0.2, -0.15) is 0 Å². The SMILES string of the molecule is COc1cc(C(=O)N2CCC(C)(c3ccccc3)CC2)ccc1OCC(C)(C)O. The first-order valence-corrected chi connectivity index (χ1v) is 10.1. The van der Waals surface area contributed by atoms with E-state index in [2.05, 4.69) is 31.2 Å². The van der Waals surface area contributed by atoms with Crippen LogP contribution in [-0.2, 0) is 5.41 Å². The summed E-state index contributed by atoms with van der Waals surface area (Å²) in [6.45, 7) is 7.23. The molecule has 0 spiro atoms. The number of methoxy groups -OCH3 is 1. The van der Waals surface area contributed by atoms with E-state index in [0.717, 1.165) is 25.9 Å². The number of carbonyl (C=O) groups is 1. The number of aliphatic hydroxyl groups is 1. The summed E-state index contributed by atoms with van der Waals surface area (Å²) in [4.78, 5) is 14.9. The van der Waals surface area contributed by atoms with E-state index in [-0.39, 0.29) is 17.9 Å². The molecule has 1 aliphatic heterocycles. The van der Waals surface area contributed by atoms with Gasteiger partial charge in [-0.1, -0.05) is 37.3 Å². The van der Waals surface area contributed by atoms with Crippen molar-refractivity contribution < 1.29 is 19.4 Å². The molecule has 0 radical (unpaired) electrons. The summed E-state index contributed by atoms with van der Waals surface area (Å²) in [6, 6.07) is 15.7. The number of nitrogens with zero attached hydrogens (tertiary/aromatic N) is 1. The van der Waals surface area contributed by atoms with Gasteiger partial charge in [-0.25, -0.2) is 0 Å². The number of rotatable bonds is 6. The molecule has 1 heterocycles. The van der Waals surface area contributed by atoms with Crippen LogP contribution in [0.4, 0.5) is 0 Å². The Kier molecular flexibility index (Phi) is 6.18. The van der Waals surface area contributed by atoms with E-state index in [4.69, 9.17) is 9.47 Å². The second-order valence-corrected chi connectivity index (χ2v) is 8.69. The lowest BCUT2D eigenvalue weighted by atomic mass is 9.74. The molecule has 5 heteroatoms. The summed E-state index contributed by atoms with van der Waals surface area (Å²) in [7, 11) is 1.55. The predicted molar refractivity (Wildman–Crippen MR) is 114 cm³/mol. The van der Waals surface area contributed by atoms with Gasteiger partial charge < -0.3 is 19.5 Å². The molecular weight excluding hydrogens is 366 g/mol. The highest BCUT2D eigenvalue weighted by Gasteiger charge is 2.33. The molecule has 5 nitrogen and oxygen atoms in total. The molecule has 0 bridgehead atoms. The molecule has 1 aliphatic rings. The van der Waals surface area contributed by atoms with Gasteiger partial charge in [0.1, 0.15) is 6.61 Å². The molecular formula is C24H31NO4. The zero-order valence-corrected chi connectivity index (χ0v) is 17.8. The number of piperidine rings is 1. The molecule has 0 saturated carbocycles. The van der Waals surface area contributed by atoms with E-state index in [1.165, 1.54) is 5.56 Å². The summed E-state index contributed by atoms with van der Waals surface area (Å²) >= 11 is 0. The van der Waals surface area contributed by atoms with Gasteiger partial charge in [-0.15, -0.1) is 0 Å². The van der Waals surface area contributed by atoms with Gasteiger partial charge in [-0.3, -0.25) is 4.79 Å². The Bertz CT molecular complexity index is 834. The van der Waals surface area contributed by atoms with Crippen molar-refractivity contribution in [3.8, 4) is 11.5 Å². The Labute approximate surface area is 173 Å². The Morgan fingerprint density at radius 1 is 1.10 bits per heavy atom. The van der Waals surface area contributed by atoms with Crippen LogP contribution >= 0.6 is 0 Å². The molecule has 2 aromatic carbocycles. The van der Waals surface area contributed by atoms with E-state index >= 15 is 0 Å². The van der Waals surface area contributed by atoms with E-state index < -0.39 is 5.60 Å². The van der Waals surface area contributed by atoms with E-state index in [1.807, 2.05) is 11.0 Å². The Hall–Kier alpha value is -2.53. The van der Waals surface area contributed by atoms with Crippen LogP contribution < -0.4 is 9.47 Å². The average molecular weight is 398 g/mol. The Balaban J connectivity index is 1.68. The largest absolute Gasteiger partial charge is 0.493 e. The lowest BCUT2D eigenvalue weighted by molar-refractivity contribution is 0.0276. The highest BCUT2D eigenvalue weighted by molar-refractivity contribution is 5.95. The van der Waals surface area contributed by atoms with Gasteiger partial charge in [0.05, 0.1) is 12.7 Å². The first-order chi connectivity index (χ1) is 13.7. The van der Waals surface area contributed by atoms with Gasteiger partial charge in [-0.05, 0) is 55.9 Å². The number of hydrogen-bond donors (Lipinski definition) is 1. The molecule has 0 atom stereocenters. The van der Waals surface area contributed by atoms with Crippen molar-refractivity contribution in [3.63, 3.8) is 0 Å². The molecule has 1 amide bonds. The third kappa shape index (κ3) is 5.10. The molecule has 0 aromatic heterocycles. The second kappa shape index (κ2) is 8.46. The van der Waals surface area contributed by atoms with Gasteiger partial charge >= 0.3 is 0 Å². The minimum Gasteiger partial charge on any atom is -0.493 e. The first-order valence-electron chi connectivity index (χ1n) is 10.1. The fourth-order valence-corrected chi connectivity index (χ4v) is 3.69. The number of likely N-dealkylation sites (tertiary alicyclic amines) is 1. The Morgan fingerprint density at radius 3 is 2.34 bits per heavy atom. The molecule has 0 unspecified atom stereocenters. The van der Waals surface area contributed by atoms with E-state index in [1.54, 1.807) is 39.2 Å². The third-order valence-electron chi connectivity index (χ3n) is 5.62. The van der Waals surface area contributed by atoms with Crippen LogP contribution in [0, 0.1) is 0 Å². The standard InChI is InChI=1S/C24H31NO4/c1-23(2,27)17-29-20-11-10-18(16-21(20)28-4)22(26)25-14-12-24(3,13-15-25)19-8-6-5-7-9-19/h5-11,16,27H,12-15,17H2,1-4H3. The maximum Gasteiger partial charge on any atom is 0.253 e. The zero-order chi connectivity index (χ0) is 21.1. The summed E-state index contributed by atoms with van der Waals surface area (Å²) < 4.78 is 11.1. The van der Waals surface area contributed by atoms with Crippen LogP contribution in [0.25, 0.3) is 0 Å². The van der Waals surface area contributed by atoms with Crippen molar-refractivity contribution in [1.82, 2.24) is 4.90 Å². The van der Waals surface area contributed by atoms with Gasteiger partial charge in [0, 0.05) is 18.7 Å². The van der Waals surface area contributed by atoms with Crippen molar-refractivity contribution in [2.24, 2.45) is 0 Å². The molecule has 1 N–H and O–H groups in total. The van der Waals surface area contributed by atoms with Gasteiger partial charge in [0.15, 0.2) is 11.5 Å². The fraction of sp³-hybridized carbons (Fsp3) is 0.458. The van der Waals surface area contributed by atoms with Crippen molar-refractivity contribution in [3.05, 3.63) is 59.7 Å². The first kappa shape index (κ1) is 21.2. The van der Waals surface area contributed by atoms with Crippen LogP contribution in [0.1, 0.15) is 49.5 Å². The molecule has 156 valence electrons. The summed E-state index contributed by atoms with van der Waals surface area (Å²) in [5.74, 6) is 1.01. The smallest absolute Gasteiger partial charge is 0.253 e. The van der Waals surface area contributed by atoms with Crippen LogP contribution in [0.5, 0.6) is 11.5 Å². The highest BCUT2D eigenvalue weighted by atomic mass is 16.5. The number of benzene rings is 2. The van der Waals surface area contributed by atoms with Crippen molar-refractivity contribution in [2.75, 3.05) is 26.8 Å². The molecule has 1 saturated heterocycles. The molecule has 1 fully saturated rings.